The molecule has 2 fully saturated rings. The first kappa shape index (κ1) is 18.1. The molecule has 2 aliphatic heterocycles. The molecule has 3 rings (SSSR count). The highest BCUT2D eigenvalue weighted by atomic mass is 16.5. The molecule has 0 aromatic carbocycles. The SMILES string of the molecule is Cc1nc([C@H]2CCCN(C(=O)C(C)(C)C)C2)cc(N2CCOCC2)n1. The number of aromatic nitrogens is 2. The minimum atomic E-state index is -0.331. The second-order valence-corrected chi connectivity index (χ2v) is 8.14. The maximum absolute atomic E-state index is 12.6. The van der Waals surface area contributed by atoms with Gasteiger partial charge in [0.25, 0.3) is 0 Å². The minimum absolute atomic E-state index is 0.233. The van der Waals surface area contributed by atoms with Crippen molar-refractivity contribution in [3.05, 3.63) is 17.6 Å². The predicted octanol–water partition coefficient (Wildman–Crippen LogP) is 2.37. The Morgan fingerprint density at radius 3 is 2.60 bits per heavy atom. The van der Waals surface area contributed by atoms with Crippen LogP contribution in [0.4, 0.5) is 5.82 Å². The van der Waals surface area contributed by atoms with Crippen molar-refractivity contribution in [1.82, 2.24) is 14.9 Å². The Morgan fingerprint density at radius 2 is 1.92 bits per heavy atom. The quantitative estimate of drug-likeness (QED) is 0.823. The smallest absolute Gasteiger partial charge is 0.227 e. The maximum Gasteiger partial charge on any atom is 0.227 e. The zero-order valence-corrected chi connectivity index (χ0v) is 15.9. The van der Waals surface area contributed by atoms with Gasteiger partial charge in [-0.3, -0.25) is 4.79 Å². The van der Waals surface area contributed by atoms with E-state index in [0.717, 1.165) is 69.6 Å². The van der Waals surface area contributed by atoms with Crippen molar-refractivity contribution in [2.24, 2.45) is 5.41 Å². The number of likely N-dealkylation sites (tertiary alicyclic amines) is 1. The molecule has 0 N–H and O–H groups in total. The van der Waals surface area contributed by atoms with E-state index in [2.05, 4.69) is 16.0 Å². The molecule has 0 saturated carbocycles. The Morgan fingerprint density at radius 1 is 1.20 bits per heavy atom. The lowest BCUT2D eigenvalue weighted by atomic mass is 9.90. The highest BCUT2D eigenvalue weighted by molar-refractivity contribution is 5.81. The lowest BCUT2D eigenvalue weighted by molar-refractivity contribution is -0.140. The van der Waals surface area contributed by atoms with Crippen LogP contribution in [0.3, 0.4) is 0 Å². The number of carbonyl (C=O) groups excluding carboxylic acids is 1. The summed E-state index contributed by atoms with van der Waals surface area (Å²) in [4.78, 5) is 26.3. The topological polar surface area (TPSA) is 58.6 Å². The molecule has 25 heavy (non-hydrogen) atoms. The first-order valence-electron chi connectivity index (χ1n) is 9.32. The summed E-state index contributed by atoms with van der Waals surface area (Å²) in [6.45, 7) is 12.8. The summed E-state index contributed by atoms with van der Waals surface area (Å²) in [5.74, 6) is 2.32. The third kappa shape index (κ3) is 4.29. The largest absolute Gasteiger partial charge is 0.378 e. The van der Waals surface area contributed by atoms with Crippen LogP contribution in [0, 0.1) is 12.3 Å². The van der Waals surface area contributed by atoms with Gasteiger partial charge in [-0.2, -0.15) is 0 Å². The molecule has 2 aliphatic rings. The zero-order valence-electron chi connectivity index (χ0n) is 15.9. The van der Waals surface area contributed by atoms with Crippen LogP contribution in [0.5, 0.6) is 0 Å². The monoisotopic (exact) mass is 346 g/mol. The molecule has 3 heterocycles. The molecule has 2 saturated heterocycles. The number of ether oxygens (including phenoxy) is 1. The molecule has 138 valence electrons. The number of nitrogens with zero attached hydrogens (tertiary/aromatic N) is 4. The van der Waals surface area contributed by atoms with Crippen molar-refractivity contribution < 1.29 is 9.53 Å². The lowest BCUT2D eigenvalue weighted by Crippen LogP contribution is -2.44. The summed E-state index contributed by atoms with van der Waals surface area (Å²) in [6.07, 6.45) is 2.11. The van der Waals surface area contributed by atoms with Gasteiger partial charge in [-0.15, -0.1) is 0 Å². The van der Waals surface area contributed by atoms with Crippen molar-refractivity contribution in [3.63, 3.8) is 0 Å². The van der Waals surface area contributed by atoms with Crippen LogP contribution in [-0.2, 0) is 9.53 Å². The van der Waals surface area contributed by atoms with E-state index >= 15 is 0 Å². The van der Waals surface area contributed by atoms with Gasteiger partial charge >= 0.3 is 0 Å². The number of morpholine rings is 1. The standard InChI is InChI=1S/C19H30N4O2/c1-14-20-16(12-17(21-14)22-8-10-25-11-9-22)15-6-5-7-23(13-15)18(24)19(2,3)4/h12,15H,5-11,13H2,1-4H3/t15-/m0/s1. The number of anilines is 1. The van der Waals surface area contributed by atoms with E-state index in [-0.39, 0.29) is 11.3 Å². The Bertz CT molecular complexity index is 620. The second kappa shape index (κ2) is 7.28. The van der Waals surface area contributed by atoms with Crippen molar-refractivity contribution >= 4 is 11.7 Å². The van der Waals surface area contributed by atoms with Crippen LogP contribution in [-0.4, -0.2) is 60.2 Å². The Labute approximate surface area is 150 Å². The van der Waals surface area contributed by atoms with Crippen LogP contribution in [0.25, 0.3) is 0 Å². The molecule has 0 bridgehead atoms. The molecular weight excluding hydrogens is 316 g/mol. The first-order chi connectivity index (χ1) is 11.8. The van der Waals surface area contributed by atoms with Gasteiger partial charge in [0.2, 0.25) is 5.91 Å². The van der Waals surface area contributed by atoms with E-state index in [4.69, 9.17) is 9.72 Å². The molecule has 6 heteroatoms. The number of hydrogen-bond donors (Lipinski definition) is 0. The van der Waals surface area contributed by atoms with Gasteiger partial charge in [0.15, 0.2) is 0 Å². The fourth-order valence-electron chi connectivity index (χ4n) is 3.62. The molecular formula is C19H30N4O2. The Hall–Kier alpha value is -1.69. The number of rotatable bonds is 2. The number of aryl methyl sites for hydroxylation is 1. The predicted molar refractivity (Wildman–Crippen MR) is 97.8 cm³/mol. The van der Waals surface area contributed by atoms with Gasteiger partial charge in [-0.05, 0) is 19.8 Å². The molecule has 1 aromatic heterocycles. The van der Waals surface area contributed by atoms with Gasteiger partial charge in [-0.1, -0.05) is 20.8 Å². The van der Waals surface area contributed by atoms with Crippen LogP contribution < -0.4 is 4.90 Å². The summed E-state index contributed by atoms with van der Waals surface area (Å²) in [7, 11) is 0. The van der Waals surface area contributed by atoms with Crippen molar-refractivity contribution in [1.29, 1.82) is 0 Å². The summed E-state index contributed by atoms with van der Waals surface area (Å²) < 4.78 is 5.44. The highest BCUT2D eigenvalue weighted by Gasteiger charge is 2.32. The average molecular weight is 346 g/mol. The van der Waals surface area contributed by atoms with Gasteiger partial charge in [0.1, 0.15) is 11.6 Å². The summed E-state index contributed by atoms with van der Waals surface area (Å²) in [5, 5.41) is 0. The molecule has 0 radical (unpaired) electrons. The fraction of sp³-hybridized carbons (Fsp3) is 0.737. The summed E-state index contributed by atoms with van der Waals surface area (Å²) in [6, 6.07) is 2.12. The van der Waals surface area contributed by atoms with E-state index in [1.807, 2.05) is 32.6 Å². The molecule has 1 amide bonds. The molecule has 0 spiro atoms. The molecule has 1 aromatic rings. The van der Waals surface area contributed by atoms with Gasteiger partial charge < -0.3 is 14.5 Å². The number of hydrogen-bond acceptors (Lipinski definition) is 5. The average Bonchev–Trinajstić information content (AvgIpc) is 2.60. The van der Waals surface area contributed by atoms with Crippen LogP contribution in [0.1, 0.15) is 51.0 Å². The fourth-order valence-corrected chi connectivity index (χ4v) is 3.62. The number of carbonyl (C=O) groups is 1. The lowest BCUT2D eigenvalue weighted by Gasteiger charge is -2.36. The minimum Gasteiger partial charge on any atom is -0.378 e. The van der Waals surface area contributed by atoms with Crippen molar-refractivity contribution in [3.8, 4) is 0 Å². The van der Waals surface area contributed by atoms with Crippen LogP contribution >= 0.6 is 0 Å². The first-order valence-corrected chi connectivity index (χ1v) is 9.32. The van der Waals surface area contributed by atoms with E-state index in [9.17, 15) is 4.79 Å². The molecule has 0 aliphatic carbocycles. The zero-order chi connectivity index (χ0) is 18.0. The molecule has 6 nitrogen and oxygen atoms in total. The van der Waals surface area contributed by atoms with Crippen LogP contribution in [0.2, 0.25) is 0 Å². The van der Waals surface area contributed by atoms with Crippen molar-refractivity contribution in [2.45, 2.75) is 46.5 Å². The second-order valence-electron chi connectivity index (χ2n) is 8.14. The van der Waals surface area contributed by atoms with E-state index in [0.29, 0.717) is 5.92 Å². The Balaban J connectivity index is 1.78. The van der Waals surface area contributed by atoms with E-state index < -0.39 is 0 Å². The van der Waals surface area contributed by atoms with Crippen LogP contribution in [0.15, 0.2) is 6.07 Å². The number of amides is 1. The third-order valence-electron chi connectivity index (χ3n) is 4.95. The van der Waals surface area contributed by atoms with Crippen molar-refractivity contribution in [2.75, 3.05) is 44.3 Å². The summed E-state index contributed by atoms with van der Waals surface area (Å²) in [5.41, 5.74) is 0.739. The molecule has 1 atom stereocenters. The highest BCUT2D eigenvalue weighted by Crippen LogP contribution is 2.30. The number of piperidine rings is 1. The van der Waals surface area contributed by atoms with Gasteiger partial charge in [0.05, 0.1) is 18.9 Å². The maximum atomic E-state index is 12.6. The van der Waals surface area contributed by atoms with Gasteiger partial charge in [0, 0.05) is 43.6 Å². The third-order valence-corrected chi connectivity index (χ3v) is 4.95. The normalized spacial score (nSPS) is 22.2. The van der Waals surface area contributed by atoms with E-state index in [1.54, 1.807) is 0 Å². The van der Waals surface area contributed by atoms with Gasteiger partial charge in [-0.25, -0.2) is 9.97 Å². The Kier molecular flexibility index (Phi) is 5.27. The summed E-state index contributed by atoms with van der Waals surface area (Å²) >= 11 is 0. The van der Waals surface area contributed by atoms with E-state index in [1.165, 1.54) is 0 Å². The molecule has 0 unspecified atom stereocenters.